The maximum atomic E-state index is 11.0. The van der Waals surface area contributed by atoms with Gasteiger partial charge in [0.15, 0.2) is 0 Å². The quantitative estimate of drug-likeness (QED) is 0.711. The second-order valence-corrected chi connectivity index (χ2v) is 6.41. The van der Waals surface area contributed by atoms with Gasteiger partial charge in [0.25, 0.3) is 0 Å². The molecule has 2 N–H and O–H groups in total. The molecule has 0 bridgehead atoms. The van der Waals surface area contributed by atoms with Gasteiger partial charge in [-0.25, -0.2) is 0 Å². The summed E-state index contributed by atoms with van der Waals surface area (Å²) in [6.07, 6.45) is 1.64. The fraction of sp³-hybridized carbons (Fsp3) is 0.182. The van der Waals surface area contributed by atoms with Gasteiger partial charge in [-0.2, -0.15) is 0 Å². The molecule has 0 heterocycles. The van der Waals surface area contributed by atoms with Crippen LogP contribution in [0.4, 0.5) is 0 Å². The van der Waals surface area contributed by atoms with Crippen LogP contribution in [0, 0.1) is 0 Å². The van der Waals surface area contributed by atoms with Gasteiger partial charge in [0, 0.05) is 30.9 Å². The number of benzene rings is 3. The molecule has 3 aromatic rings. The molecule has 4 rings (SSSR count). The van der Waals surface area contributed by atoms with Crippen molar-refractivity contribution in [3.05, 3.63) is 89.5 Å². The first-order chi connectivity index (χ1) is 12.5. The highest BCUT2D eigenvalue weighted by molar-refractivity contribution is 5.88. The van der Waals surface area contributed by atoms with Crippen LogP contribution in [-0.2, 0) is 21.0 Å². The highest BCUT2D eigenvalue weighted by Crippen LogP contribution is 2.47. The van der Waals surface area contributed by atoms with Crippen LogP contribution >= 0.6 is 0 Å². The van der Waals surface area contributed by atoms with E-state index in [1.807, 2.05) is 48.5 Å². The monoisotopic (exact) mass is 348 g/mol. The Morgan fingerprint density at radius 2 is 1.35 bits per heavy atom. The van der Waals surface area contributed by atoms with Gasteiger partial charge in [0.2, 0.25) is 11.6 Å². The minimum absolute atomic E-state index is 0.325. The number of hydrogen-bond donors (Lipinski definition) is 2. The summed E-state index contributed by atoms with van der Waals surface area (Å²) in [5, 5.41) is 24.1. The fourth-order valence-corrected chi connectivity index (χ4v) is 3.67. The zero-order chi connectivity index (χ0) is 18.4. The van der Waals surface area contributed by atoms with Crippen LogP contribution in [-0.4, -0.2) is 24.4 Å². The van der Waals surface area contributed by atoms with E-state index < -0.39 is 11.6 Å². The smallest absolute Gasteiger partial charge is 0.218 e. The molecule has 0 spiro atoms. The van der Waals surface area contributed by atoms with Crippen LogP contribution in [0.3, 0.4) is 0 Å². The summed E-state index contributed by atoms with van der Waals surface area (Å²) in [5.74, 6) is -3.34. The lowest BCUT2D eigenvalue weighted by Crippen LogP contribution is -2.41. The van der Waals surface area contributed by atoms with Gasteiger partial charge in [0.05, 0.1) is 0 Å². The van der Waals surface area contributed by atoms with E-state index in [-0.39, 0.29) is 0 Å². The lowest BCUT2D eigenvalue weighted by atomic mass is 9.79. The molecule has 0 radical (unpaired) electrons. The Labute approximate surface area is 151 Å². The van der Waals surface area contributed by atoms with Crippen LogP contribution in [0.25, 0.3) is 16.3 Å². The average molecular weight is 348 g/mol. The summed E-state index contributed by atoms with van der Waals surface area (Å²) in [5.41, 5.74) is 1.93. The molecule has 1 aliphatic carbocycles. The van der Waals surface area contributed by atoms with E-state index in [1.54, 1.807) is 24.3 Å². The molecule has 1 aliphatic rings. The SMILES string of the molecule is COC1(OC)C=C(c2ccc3ccccc3c2)C(O)(O)c2ccccc21. The average Bonchev–Trinajstić information content (AvgIpc) is 2.68. The minimum Gasteiger partial charge on any atom is -0.358 e. The molecular formula is C22H20O4. The van der Waals surface area contributed by atoms with E-state index in [9.17, 15) is 10.2 Å². The van der Waals surface area contributed by atoms with Gasteiger partial charge in [0.1, 0.15) is 0 Å². The summed E-state index contributed by atoms with van der Waals surface area (Å²) < 4.78 is 11.3. The molecule has 26 heavy (non-hydrogen) atoms. The molecule has 0 unspecified atom stereocenters. The third kappa shape index (κ3) is 2.39. The zero-order valence-electron chi connectivity index (χ0n) is 14.6. The van der Waals surface area contributed by atoms with E-state index >= 15 is 0 Å². The molecule has 0 saturated heterocycles. The summed E-state index contributed by atoms with van der Waals surface area (Å²) >= 11 is 0. The summed E-state index contributed by atoms with van der Waals surface area (Å²) in [6.45, 7) is 0. The van der Waals surface area contributed by atoms with Crippen molar-refractivity contribution in [2.45, 2.75) is 11.6 Å². The van der Waals surface area contributed by atoms with Crippen LogP contribution < -0.4 is 0 Å². The Balaban J connectivity index is 1.98. The molecule has 0 atom stereocenters. The van der Waals surface area contributed by atoms with Crippen molar-refractivity contribution in [1.82, 2.24) is 0 Å². The maximum absolute atomic E-state index is 11.0. The Kier molecular flexibility index (Phi) is 3.93. The standard InChI is InChI=1S/C22H20O4/c1-25-21(26-2)14-20(22(23,24)19-10-6-5-9-18(19)21)17-12-11-15-7-3-4-8-16(15)13-17/h3-14,23-24H,1-2H3. The van der Waals surface area contributed by atoms with Crippen molar-refractivity contribution in [2.75, 3.05) is 14.2 Å². The summed E-state index contributed by atoms with van der Waals surface area (Å²) in [4.78, 5) is 0. The Morgan fingerprint density at radius 3 is 2.04 bits per heavy atom. The fourth-order valence-electron chi connectivity index (χ4n) is 3.67. The number of hydrogen-bond acceptors (Lipinski definition) is 4. The molecular weight excluding hydrogens is 328 g/mol. The Bertz CT molecular complexity index is 1000. The van der Waals surface area contributed by atoms with Crippen LogP contribution in [0.5, 0.6) is 0 Å². The topological polar surface area (TPSA) is 58.9 Å². The van der Waals surface area contributed by atoms with E-state index in [0.29, 0.717) is 22.3 Å². The van der Waals surface area contributed by atoms with E-state index in [1.165, 1.54) is 14.2 Å². The van der Waals surface area contributed by atoms with Crippen molar-refractivity contribution in [3.63, 3.8) is 0 Å². The number of aliphatic hydroxyl groups is 2. The molecule has 3 aromatic carbocycles. The van der Waals surface area contributed by atoms with Crippen molar-refractivity contribution in [2.24, 2.45) is 0 Å². The highest BCUT2D eigenvalue weighted by atomic mass is 16.7. The normalized spacial score (nSPS) is 17.6. The molecule has 0 fully saturated rings. The maximum Gasteiger partial charge on any atom is 0.218 e. The molecule has 132 valence electrons. The predicted octanol–water partition coefficient (Wildman–Crippen LogP) is 3.52. The molecule has 0 amide bonds. The van der Waals surface area contributed by atoms with Crippen molar-refractivity contribution in [1.29, 1.82) is 0 Å². The van der Waals surface area contributed by atoms with Gasteiger partial charge in [-0.15, -0.1) is 0 Å². The number of fused-ring (bicyclic) bond motifs is 2. The third-order valence-electron chi connectivity index (χ3n) is 5.05. The lowest BCUT2D eigenvalue weighted by molar-refractivity contribution is -0.191. The summed E-state index contributed by atoms with van der Waals surface area (Å²) in [6, 6.07) is 20.7. The van der Waals surface area contributed by atoms with Gasteiger partial charge >= 0.3 is 0 Å². The van der Waals surface area contributed by atoms with Crippen molar-refractivity contribution >= 4 is 16.3 Å². The number of methoxy groups -OCH3 is 2. The van der Waals surface area contributed by atoms with Crippen LogP contribution in [0.1, 0.15) is 16.7 Å². The number of ether oxygens (including phenoxy) is 2. The first-order valence-electron chi connectivity index (χ1n) is 8.39. The predicted molar refractivity (Wildman–Crippen MR) is 100 cm³/mol. The Morgan fingerprint density at radius 1 is 0.731 bits per heavy atom. The van der Waals surface area contributed by atoms with Gasteiger partial charge in [-0.1, -0.05) is 60.7 Å². The van der Waals surface area contributed by atoms with Gasteiger partial charge in [-0.3, -0.25) is 0 Å². The van der Waals surface area contributed by atoms with Gasteiger partial charge < -0.3 is 19.7 Å². The first-order valence-corrected chi connectivity index (χ1v) is 8.39. The largest absolute Gasteiger partial charge is 0.358 e. The van der Waals surface area contributed by atoms with Gasteiger partial charge in [-0.05, 0) is 28.5 Å². The number of rotatable bonds is 3. The van der Waals surface area contributed by atoms with Crippen molar-refractivity contribution in [3.8, 4) is 0 Å². The van der Waals surface area contributed by atoms with Crippen molar-refractivity contribution < 1.29 is 19.7 Å². The second-order valence-electron chi connectivity index (χ2n) is 6.41. The molecule has 4 nitrogen and oxygen atoms in total. The molecule has 0 aliphatic heterocycles. The van der Waals surface area contributed by atoms with E-state index in [2.05, 4.69) is 0 Å². The second kappa shape index (κ2) is 6.04. The lowest BCUT2D eigenvalue weighted by Gasteiger charge is -2.40. The molecule has 0 saturated carbocycles. The van der Waals surface area contributed by atoms with E-state index in [0.717, 1.165) is 10.8 Å². The van der Waals surface area contributed by atoms with Crippen LogP contribution in [0.2, 0.25) is 0 Å². The first kappa shape index (κ1) is 16.9. The van der Waals surface area contributed by atoms with Crippen LogP contribution in [0.15, 0.2) is 72.8 Å². The Hall–Kier alpha value is -2.50. The zero-order valence-corrected chi connectivity index (χ0v) is 14.6. The minimum atomic E-state index is -2.15. The molecule has 0 aromatic heterocycles. The molecule has 4 heteroatoms. The summed E-state index contributed by atoms with van der Waals surface area (Å²) in [7, 11) is 3.08. The highest BCUT2D eigenvalue weighted by Gasteiger charge is 2.47. The van der Waals surface area contributed by atoms with E-state index in [4.69, 9.17) is 9.47 Å². The third-order valence-corrected chi connectivity index (χ3v) is 5.05.